The minimum atomic E-state index is -0.0689. The molecule has 0 saturated heterocycles. The molecule has 0 fully saturated rings. The maximum absolute atomic E-state index is 11.2. The number of nitrogens with two attached hydrogens (primary N) is 1. The van der Waals surface area contributed by atoms with Gasteiger partial charge in [-0.05, 0) is 15.9 Å². The third-order valence-electron chi connectivity index (χ3n) is 1.94. The lowest BCUT2D eigenvalue weighted by Crippen LogP contribution is -2.33. The van der Waals surface area contributed by atoms with E-state index in [9.17, 15) is 4.79 Å². The van der Waals surface area contributed by atoms with Crippen molar-refractivity contribution in [3.05, 3.63) is 16.9 Å². The van der Waals surface area contributed by atoms with Crippen molar-refractivity contribution < 1.29 is 4.79 Å². The van der Waals surface area contributed by atoms with Gasteiger partial charge in [0.1, 0.15) is 0 Å². The molecule has 82 valence electrons. The summed E-state index contributed by atoms with van der Waals surface area (Å²) in [5, 5.41) is 2.55. The van der Waals surface area contributed by atoms with Crippen LogP contribution in [0, 0.1) is 0 Å². The van der Waals surface area contributed by atoms with E-state index < -0.39 is 0 Å². The molecule has 0 atom stereocenters. The number of pyridine rings is 1. The van der Waals surface area contributed by atoms with Crippen LogP contribution in [-0.2, 0) is 4.79 Å². The van der Waals surface area contributed by atoms with Gasteiger partial charge in [0.2, 0.25) is 5.91 Å². The molecule has 0 saturated carbocycles. The largest absolute Gasteiger partial charge is 0.396 e. The average Bonchev–Trinajstić information content (AvgIpc) is 2.17. The number of nitrogen functional groups attached to an aromatic ring is 1. The summed E-state index contributed by atoms with van der Waals surface area (Å²) in [7, 11) is 3.40. The summed E-state index contributed by atoms with van der Waals surface area (Å²) >= 11 is 3.34. The number of aromatic nitrogens is 1. The van der Waals surface area contributed by atoms with E-state index in [0.29, 0.717) is 5.69 Å². The van der Waals surface area contributed by atoms with Gasteiger partial charge in [0, 0.05) is 20.3 Å². The van der Waals surface area contributed by atoms with Crippen LogP contribution in [0.3, 0.4) is 0 Å². The monoisotopic (exact) mass is 272 g/mol. The Balaban J connectivity index is 2.90. The zero-order valence-corrected chi connectivity index (χ0v) is 10.2. The van der Waals surface area contributed by atoms with E-state index in [2.05, 4.69) is 26.2 Å². The molecule has 5 nitrogen and oxygen atoms in total. The van der Waals surface area contributed by atoms with Gasteiger partial charge in [-0.2, -0.15) is 0 Å². The third kappa shape index (κ3) is 2.82. The Kier molecular flexibility index (Phi) is 3.90. The average molecular weight is 273 g/mol. The van der Waals surface area contributed by atoms with Crippen molar-refractivity contribution in [2.24, 2.45) is 0 Å². The number of amides is 1. The van der Waals surface area contributed by atoms with Gasteiger partial charge < -0.3 is 16.0 Å². The molecule has 1 amide bonds. The van der Waals surface area contributed by atoms with E-state index in [0.717, 1.165) is 10.2 Å². The highest BCUT2D eigenvalue weighted by atomic mass is 79.9. The van der Waals surface area contributed by atoms with Crippen LogP contribution >= 0.6 is 15.9 Å². The summed E-state index contributed by atoms with van der Waals surface area (Å²) in [6.45, 7) is 0.253. The highest BCUT2D eigenvalue weighted by molar-refractivity contribution is 9.10. The molecule has 0 aliphatic rings. The molecule has 1 aromatic heterocycles. The lowest BCUT2D eigenvalue weighted by Gasteiger charge is -2.20. The molecular weight excluding hydrogens is 260 g/mol. The SMILES string of the molecule is CNC(=O)CN(C)c1c(N)cncc1Br. The van der Waals surface area contributed by atoms with Crippen LogP contribution in [0.4, 0.5) is 11.4 Å². The van der Waals surface area contributed by atoms with E-state index >= 15 is 0 Å². The first kappa shape index (κ1) is 11.8. The van der Waals surface area contributed by atoms with E-state index in [1.54, 1.807) is 31.4 Å². The van der Waals surface area contributed by atoms with Crippen molar-refractivity contribution in [1.82, 2.24) is 10.3 Å². The number of nitrogens with one attached hydrogen (secondary N) is 1. The van der Waals surface area contributed by atoms with E-state index in [1.165, 1.54) is 0 Å². The summed E-state index contributed by atoms with van der Waals surface area (Å²) in [5.74, 6) is -0.0689. The van der Waals surface area contributed by atoms with Crippen LogP contribution in [0.2, 0.25) is 0 Å². The van der Waals surface area contributed by atoms with Crippen LogP contribution in [0.25, 0.3) is 0 Å². The van der Waals surface area contributed by atoms with Crippen molar-refractivity contribution >= 4 is 33.2 Å². The van der Waals surface area contributed by atoms with Crippen LogP contribution in [-0.4, -0.2) is 31.5 Å². The Morgan fingerprint density at radius 1 is 1.67 bits per heavy atom. The minimum absolute atomic E-state index is 0.0689. The lowest BCUT2D eigenvalue weighted by molar-refractivity contribution is -0.119. The predicted molar refractivity (Wildman–Crippen MR) is 63.7 cm³/mol. The smallest absolute Gasteiger partial charge is 0.239 e. The van der Waals surface area contributed by atoms with Gasteiger partial charge >= 0.3 is 0 Å². The first-order valence-corrected chi connectivity index (χ1v) is 5.16. The molecule has 1 heterocycles. The van der Waals surface area contributed by atoms with Crippen molar-refractivity contribution in [3.8, 4) is 0 Å². The molecule has 0 aliphatic heterocycles. The Bertz CT molecular complexity index is 349. The van der Waals surface area contributed by atoms with Gasteiger partial charge in [-0.15, -0.1) is 0 Å². The highest BCUT2D eigenvalue weighted by Gasteiger charge is 2.12. The van der Waals surface area contributed by atoms with Gasteiger partial charge in [-0.25, -0.2) is 0 Å². The number of hydrogen-bond acceptors (Lipinski definition) is 4. The molecular formula is C9H13BrN4O. The quantitative estimate of drug-likeness (QED) is 0.846. The number of nitrogens with zero attached hydrogens (tertiary/aromatic N) is 2. The predicted octanol–water partition coefficient (Wildman–Crippen LogP) is 0.609. The van der Waals surface area contributed by atoms with Crippen molar-refractivity contribution in [2.75, 3.05) is 31.3 Å². The molecule has 0 spiro atoms. The number of hydrogen-bond donors (Lipinski definition) is 2. The molecule has 1 rings (SSSR count). The summed E-state index contributed by atoms with van der Waals surface area (Å²) in [4.78, 5) is 16.9. The van der Waals surface area contributed by atoms with Crippen LogP contribution in [0.1, 0.15) is 0 Å². The summed E-state index contributed by atoms with van der Waals surface area (Å²) in [6, 6.07) is 0. The highest BCUT2D eigenvalue weighted by Crippen LogP contribution is 2.29. The third-order valence-corrected chi connectivity index (χ3v) is 2.52. The Morgan fingerprint density at radius 2 is 2.33 bits per heavy atom. The fourth-order valence-electron chi connectivity index (χ4n) is 1.22. The van der Waals surface area contributed by atoms with Crippen molar-refractivity contribution in [1.29, 1.82) is 0 Å². The van der Waals surface area contributed by atoms with Gasteiger partial charge in [-0.1, -0.05) is 0 Å². The van der Waals surface area contributed by atoms with Crippen LogP contribution < -0.4 is 16.0 Å². The number of carbonyl (C=O) groups excluding carboxylic acids is 1. The summed E-state index contributed by atoms with van der Waals surface area (Å²) in [5.41, 5.74) is 7.08. The van der Waals surface area contributed by atoms with Crippen molar-refractivity contribution in [2.45, 2.75) is 0 Å². The topological polar surface area (TPSA) is 71.2 Å². The summed E-state index contributed by atoms with van der Waals surface area (Å²) in [6.07, 6.45) is 3.20. The molecule has 6 heteroatoms. The molecule has 15 heavy (non-hydrogen) atoms. The van der Waals surface area contributed by atoms with E-state index in [1.807, 2.05) is 0 Å². The molecule has 1 aromatic rings. The van der Waals surface area contributed by atoms with Gasteiger partial charge in [0.25, 0.3) is 0 Å². The number of rotatable bonds is 3. The zero-order chi connectivity index (χ0) is 11.4. The first-order chi connectivity index (χ1) is 7.06. The second-order valence-corrected chi connectivity index (χ2v) is 3.94. The zero-order valence-electron chi connectivity index (χ0n) is 8.62. The fraction of sp³-hybridized carbons (Fsp3) is 0.333. The Morgan fingerprint density at radius 3 is 2.87 bits per heavy atom. The maximum Gasteiger partial charge on any atom is 0.239 e. The van der Waals surface area contributed by atoms with E-state index in [-0.39, 0.29) is 12.5 Å². The number of halogens is 1. The molecule has 0 unspecified atom stereocenters. The summed E-state index contributed by atoms with van der Waals surface area (Å²) < 4.78 is 0.772. The Labute approximate surface area is 96.8 Å². The second kappa shape index (κ2) is 4.97. The maximum atomic E-state index is 11.2. The normalized spacial score (nSPS) is 9.80. The molecule has 0 aromatic carbocycles. The van der Waals surface area contributed by atoms with E-state index in [4.69, 9.17) is 5.73 Å². The van der Waals surface area contributed by atoms with Crippen LogP contribution in [0.5, 0.6) is 0 Å². The van der Waals surface area contributed by atoms with Crippen LogP contribution in [0.15, 0.2) is 16.9 Å². The fourth-order valence-corrected chi connectivity index (χ4v) is 1.87. The van der Waals surface area contributed by atoms with Gasteiger partial charge in [0.15, 0.2) is 0 Å². The Hall–Kier alpha value is -1.30. The first-order valence-electron chi connectivity index (χ1n) is 4.37. The van der Waals surface area contributed by atoms with Gasteiger partial charge in [0.05, 0.1) is 28.6 Å². The van der Waals surface area contributed by atoms with Gasteiger partial charge in [-0.3, -0.25) is 9.78 Å². The molecule has 0 bridgehead atoms. The standard InChI is InChI=1S/C9H13BrN4O/c1-12-8(15)5-14(2)9-6(10)3-13-4-7(9)11/h3-4H,5,11H2,1-2H3,(H,12,15). The second-order valence-electron chi connectivity index (χ2n) is 3.09. The number of likely N-dealkylation sites (N-methyl/N-ethyl adjacent to an activating group) is 2. The lowest BCUT2D eigenvalue weighted by atomic mass is 10.3. The molecule has 0 radical (unpaired) electrons. The number of anilines is 2. The molecule has 3 N–H and O–H groups in total. The number of carbonyl (C=O) groups is 1. The molecule has 0 aliphatic carbocycles. The van der Waals surface area contributed by atoms with Crippen molar-refractivity contribution in [3.63, 3.8) is 0 Å². The minimum Gasteiger partial charge on any atom is -0.396 e.